The van der Waals surface area contributed by atoms with Crippen molar-refractivity contribution < 1.29 is 5.11 Å². The van der Waals surface area contributed by atoms with E-state index in [-0.39, 0.29) is 6.10 Å². The highest BCUT2D eigenvalue weighted by atomic mass is 16.3. The number of aliphatic hydroxyl groups is 1. The SMILES string of the molecule is OC1CCCC1CNC1CCCc2c1[nH]c1ccccc21. The van der Waals surface area contributed by atoms with Crippen LogP contribution >= 0.6 is 0 Å². The third-order valence-corrected chi connectivity index (χ3v) is 5.36. The van der Waals surface area contributed by atoms with Gasteiger partial charge in [0.25, 0.3) is 0 Å². The van der Waals surface area contributed by atoms with Crippen molar-refractivity contribution >= 4 is 10.9 Å². The summed E-state index contributed by atoms with van der Waals surface area (Å²) < 4.78 is 0. The lowest BCUT2D eigenvalue weighted by Crippen LogP contribution is -2.32. The van der Waals surface area contributed by atoms with Crippen molar-refractivity contribution in [3.8, 4) is 0 Å². The van der Waals surface area contributed by atoms with Gasteiger partial charge in [0.1, 0.15) is 0 Å². The number of rotatable bonds is 3. The Morgan fingerprint density at radius 2 is 2.05 bits per heavy atom. The molecule has 0 radical (unpaired) electrons. The minimum Gasteiger partial charge on any atom is -0.393 e. The van der Waals surface area contributed by atoms with Gasteiger partial charge in [0.2, 0.25) is 0 Å². The highest BCUT2D eigenvalue weighted by Gasteiger charge is 2.28. The summed E-state index contributed by atoms with van der Waals surface area (Å²) in [6, 6.07) is 9.05. The number of aryl methyl sites for hydroxylation is 1. The van der Waals surface area contributed by atoms with Crippen LogP contribution in [0, 0.1) is 5.92 Å². The van der Waals surface area contributed by atoms with E-state index in [1.807, 2.05) is 0 Å². The topological polar surface area (TPSA) is 48.0 Å². The van der Waals surface area contributed by atoms with Gasteiger partial charge >= 0.3 is 0 Å². The standard InChI is InChI=1S/C18H24N2O/c21-17-10-3-5-12(17)11-19-16-9-4-7-14-13-6-1-2-8-15(13)20-18(14)16/h1-2,6,8,12,16-17,19-21H,3-5,7,9-11H2. The van der Waals surface area contributed by atoms with Crippen LogP contribution in [0.3, 0.4) is 0 Å². The van der Waals surface area contributed by atoms with Crippen LogP contribution in [0.2, 0.25) is 0 Å². The average molecular weight is 284 g/mol. The number of benzene rings is 1. The number of para-hydroxylation sites is 1. The van der Waals surface area contributed by atoms with Gasteiger partial charge in [-0.25, -0.2) is 0 Å². The Kier molecular flexibility index (Phi) is 3.48. The maximum Gasteiger partial charge on any atom is 0.0580 e. The van der Waals surface area contributed by atoms with E-state index in [2.05, 4.69) is 34.6 Å². The van der Waals surface area contributed by atoms with Crippen molar-refractivity contribution in [3.63, 3.8) is 0 Å². The summed E-state index contributed by atoms with van der Waals surface area (Å²) in [6.45, 7) is 0.945. The Labute approximate surface area is 125 Å². The minimum absolute atomic E-state index is 0.0942. The van der Waals surface area contributed by atoms with Crippen molar-refractivity contribution in [3.05, 3.63) is 35.5 Å². The first-order chi connectivity index (χ1) is 10.3. The monoisotopic (exact) mass is 284 g/mol. The molecular formula is C18H24N2O. The van der Waals surface area contributed by atoms with E-state index in [9.17, 15) is 5.11 Å². The van der Waals surface area contributed by atoms with Gasteiger partial charge in [-0.05, 0) is 49.7 Å². The molecule has 21 heavy (non-hydrogen) atoms. The molecule has 2 aliphatic rings. The van der Waals surface area contributed by atoms with Gasteiger partial charge in [-0.2, -0.15) is 0 Å². The third-order valence-electron chi connectivity index (χ3n) is 5.36. The highest BCUT2D eigenvalue weighted by Crippen LogP contribution is 2.35. The van der Waals surface area contributed by atoms with Crippen LogP contribution in [-0.4, -0.2) is 22.7 Å². The minimum atomic E-state index is -0.0942. The van der Waals surface area contributed by atoms with Gasteiger partial charge in [0, 0.05) is 29.2 Å². The van der Waals surface area contributed by atoms with E-state index in [0.717, 1.165) is 13.0 Å². The fraction of sp³-hybridized carbons (Fsp3) is 0.556. The summed E-state index contributed by atoms with van der Waals surface area (Å²) >= 11 is 0. The Hall–Kier alpha value is -1.32. The van der Waals surface area contributed by atoms with Crippen molar-refractivity contribution in [2.45, 2.75) is 50.7 Å². The first-order valence-electron chi connectivity index (χ1n) is 8.34. The number of nitrogens with one attached hydrogen (secondary N) is 2. The fourth-order valence-electron chi connectivity index (χ4n) is 4.17. The molecule has 3 N–H and O–H groups in total. The second-order valence-corrected chi connectivity index (χ2v) is 6.67. The Bertz CT molecular complexity index is 633. The Morgan fingerprint density at radius 1 is 1.14 bits per heavy atom. The summed E-state index contributed by atoms with van der Waals surface area (Å²) in [7, 11) is 0. The summed E-state index contributed by atoms with van der Waals surface area (Å²) in [5.41, 5.74) is 4.15. The quantitative estimate of drug-likeness (QED) is 0.810. The van der Waals surface area contributed by atoms with E-state index in [1.165, 1.54) is 54.3 Å². The molecule has 2 aromatic rings. The lowest BCUT2D eigenvalue weighted by atomic mass is 9.91. The predicted octanol–water partition coefficient (Wildman–Crippen LogP) is 3.30. The number of aromatic nitrogens is 1. The molecule has 1 aromatic heterocycles. The van der Waals surface area contributed by atoms with Crippen LogP contribution in [-0.2, 0) is 6.42 Å². The largest absolute Gasteiger partial charge is 0.393 e. The molecule has 4 rings (SSSR count). The summed E-state index contributed by atoms with van der Waals surface area (Å²) in [5, 5.41) is 15.1. The van der Waals surface area contributed by atoms with Gasteiger partial charge in [0.15, 0.2) is 0 Å². The Balaban J connectivity index is 1.55. The smallest absolute Gasteiger partial charge is 0.0580 e. The first-order valence-corrected chi connectivity index (χ1v) is 8.34. The van der Waals surface area contributed by atoms with E-state index in [4.69, 9.17) is 0 Å². The molecule has 112 valence electrons. The van der Waals surface area contributed by atoms with E-state index in [0.29, 0.717) is 12.0 Å². The molecular weight excluding hydrogens is 260 g/mol. The third kappa shape index (κ3) is 2.39. The molecule has 1 fully saturated rings. The molecule has 0 amide bonds. The van der Waals surface area contributed by atoms with Gasteiger partial charge in [-0.1, -0.05) is 24.6 Å². The number of H-pyrrole nitrogens is 1. The molecule has 2 aliphatic carbocycles. The van der Waals surface area contributed by atoms with Gasteiger partial charge in [-0.3, -0.25) is 0 Å². The lowest BCUT2D eigenvalue weighted by Gasteiger charge is -2.26. The number of aliphatic hydroxyl groups excluding tert-OH is 1. The fourth-order valence-corrected chi connectivity index (χ4v) is 4.17. The van der Waals surface area contributed by atoms with Crippen LogP contribution in [0.1, 0.15) is 49.4 Å². The second-order valence-electron chi connectivity index (χ2n) is 6.67. The zero-order valence-electron chi connectivity index (χ0n) is 12.4. The van der Waals surface area contributed by atoms with Gasteiger partial charge < -0.3 is 15.4 Å². The highest BCUT2D eigenvalue weighted by molar-refractivity contribution is 5.85. The maximum atomic E-state index is 9.98. The molecule has 3 nitrogen and oxygen atoms in total. The molecule has 0 bridgehead atoms. The van der Waals surface area contributed by atoms with Gasteiger partial charge in [0.05, 0.1) is 6.10 Å². The zero-order valence-corrected chi connectivity index (χ0v) is 12.4. The Morgan fingerprint density at radius 3 is 2.90 bits per heavy atom. The molecule has 1 saturated carbocycles. The number of fused-ring (bicyclic) bond motifs is 3. The normalized spacial score (nSPS) is 28.9. The van der Waals surface area contributed by atoms with E-state index in [1.54, 1.807) is 0 Å². The molecule has 3 unspecified atom stereocenters. The van der Waals surface area contributed by atoms with E-state index >= 15 is 0 Å². The molecule has 3 heteroatoms. The van der Waals surface area contributed by atoms with Crippen LogP contribution in [0.5, 0.6) is 0 Å². The lowest BCUT2D eigenvalue weighted by molar-refractivity contribution is 0.129. The molecule has 0 saturated heterocycles. The zero-order chi connectivity index (χ0) is 14.2. The number of hydrogen-bond donors (Lipinski definition) is 3. The van der Waals surface area contributed by atoms with Crippen LogP contribution < -0.4 is 5.32 Å². The van der Waals surface area contributed by atoms with E-state index < -0.39 is 0 Å². The van der Waals surface area contributed by atoms with Crippen molar-refractivity contribution in [2.24, 2.45) is 5.92 Å². The van der Waals surface area contributed by atoms with Gasteiger partial charge in [-0.15, -0.1) is 0 Å². The molecule has 1 aromatic carbocycles. The molecule has 0 aliphatic heterocycles. The average Bonchev–Trinajstić information content (AvgIpc) is 3.09. The van der Waals surface area contributed by atoms with Crippen molar-refractivity contribution in [1.82, 2.24) is 10.3 Å². The number of hydrogen-bond acceptors (Lipinski definition) is 2. The number of aromatic amines is 1. The van der Waals surface area contributed by atoms with Crippen LogP contribution in [0.4, 0.5) is 0 Å². The second kappa shape index (κ2) is 5.47. The summed E-state index contributed by atoms with van der Waals surface area (Å²) in [6.07, 6.45) is 6.86. The molecule has 1 heterocycles. The predicted molar refractivity (Wildman–Crippen MR) is 85.3 cm³/mol. The molecule has 3 atom stereocenters. The summed E-state index contributed by atoms with van der Waals surface area (Å²) in [5.74, 6) is 0.444. The van der Waals surface area contributed by atoms with Crippen molar-refractivity contribution in [1.29, 1.82) is 0 Å². The van der Waals surface area contributed by atoms with Crippen LogP contribution in [0.15, 0.2) is 24.3 Å². The maximum absolute atomic E-state index is 9.98. The first kappa shape index (κ1) is 13.4. The van der Waals surface area contributed by atoms with Crippen molar-refractivity contribution in [2.75, 3.05) is 6.54 Å². The summed E-state index contributed by atoms with van der Waals surface area (Å²) in [4.78, 5) is 3.63. The molecule has 0 spiro atoms. The van der Waals surface area contributed by atoms with Crippen LogP contribution in [0.25, 0.3) is 10.9 Å².